The largest absolute Gasteiger partial charge is 0.261 e. The molecule has 0 N–H and O–H groups in total. The summed E-state index contributed by atoms with van der Waals surface area (Å²) < 4.78 is 0. The van der Waals surface area contributed by atoms with Gasteiger partial charge in [-0.1, -0.05) is 49.3 Å². The van der Waals surface area contributed by atoms with Crippen LogP contribution in [0, 0.1) is 0 Å². The highest BCUT2D eigenvalue weighted by Gasteiger charge is 1.95. The molecule has 0 amide bonds. The molecule has 2 heteroatoms. The third-order valence-corrected chi connectivity index (χ3v) is 2.52. The Morgan fingerprint density at radius 2 is 2.06 bits per heavy atom. The van der Waals surface area contributed by atoms with Crippen LogP contribution in [0.3, 0.4) is 0 Å². The maximum atomic E-state index is 5.53. The van der Waals surface area contributed by atoms with Crippen molar-refractivity contribution in [1.82, 2.24) is 0 Å². The number of hydrogen-bond donors (Lipinski definition) is 0. The predicted octanol–water partition coefficient (Wildman–Crippen LogP) is 3.74. The molecule has 0 aliphatic carbocycles. The SMILES string of the molecule is [B]CC(=C)/C(=C/C)N=CCCc1ccccc1. The van der Waals surface area contributed by atoms with E-state index in [0.29, 0.717) is 6.32 Å². The second kappa shape index (κ2) is 7.67. The lowest BCUT2D eigenvalue weighted by atomic mass is 9.96. The van der Waals surface area contributed by atoms with Gasteiger partial charge in [0.25, 0.3) is 0 Å². The maximum Gasteiger partial charge on any atom is 0.0717 e. The number of nitrogens with zero attached hydrogens (tertiary/aromatic N) is 1. The molecule has 0 atom stereocenters. The van der Waals surface area contributed by atoms with Gasteiger partial charge in [0.2, 0.25) is 0 Å². The summed E-state index contributed by atoms with van der Waals surface area (Å²) in [6, 6.07) is 10.4. The summed E-state index contributed by atoms with van der Waals surface area (Å²) in [6.45, 7) is 5.82. The summed E-state index contributed by atoms with van der Waals surface area (Å²) in [5.41, 5.74) is 3.10. The van der Waals surface area contributed by atoms with E-state index in [4.69, 9.17) is 7.85 Å². The Hall–Kier alpha value is -1.57. The lowest BCUT2D eigenvalue weighted by Gasteiger charge is -2.02. The quantitative estimate of drug-likeness (QED) is 0.395. The highest BCUT2D eigenvalue weighted by atomic mass is 14.7. The fraction of sp³-hybridized carbons (Fsp3) is 0.267. The van der Waals surface area contributed by atoms with E-state index in [1.807, 2.05) is 25.3 Å². The monoisotopic (exact) mass is 223 g/mol. The van der Waals surface area contributed by atoms with Crippen LogP contribution < -0.4 is 0 Å². The average Bonchev–Trinajstić information content (AvgIpc) is 2.39. The van der Waals surface area contributed by atoms with Gasteiger partial charge < -0.3 is 0 Å². The van der Waals surface area contributed by atoms with Gasteiger partial charge in [-0.05, 0) is 30.9 Å². The molecule has 0 heterocycles. The summed E-state index contributed by atoms with van der Waals surface area (Å²) >= 11 is 0. The highest BCUT2D eigenvalue weighted by molar-refractivity contribution is 6.10. The first-order valence-electron chi connectivity index (χ1n) is 5.89. The molecule has 0 aromatic heterocycles. The van der Waals surface area contributed by atoms with Crippen molar-refractivity contribution >= 4 is 14.1 Å². The Bertz CT molecular complexity index is 404. The van der Waals surface area contributed by atoms with Gasteiger partial charge in [0.05, 0.1) is 13.5 Å². The average molecular weight is 223 g/mol. The van der Waals surface area contributed by atoms with Gasteiger partial charge in [0.1, 0.15) is 0 Å². The second-order valence-electron chi connectivity index (χ2n) is 3.82. The van der Waals surface area contributed by atoms with E-state index < -0.39 is 0 Å². The van der Waals surface area contributed by atoms with Crippen molar-refractivity contribution in [3.63, 3.8) is 0 Å². The minimum absolute atomic E-state index is 0.454. The molecular formula is C15H18BN. The molecule has 0 aliphatic rings. The van der Waals surface area contributed by atoms with Gasteiger partial charge in [-0.2, -0.15) is 0 Å². The van der Waals surface area contributed by atoms with E-state index in [1.54, 1.807) is 0 Å². The minimum Gasteiger partial charge on any atom is -0.261 e. The summed E-state index contributed by atoms with van der Waals surface area (Å²) in [5.74, 6) is 0. The van der Waals surface area contributed by atoms with Crippen molar-refractivity contribution in [2.75, 3.05) is 0 Å². The molecule has 17 heavy (non-hydrogen) atoms. The van der Waals surface area contributed by atoms with Gasteiger partial charge >= 0.3 is 0 Å². The molecule has 1 rings (SSSR count). The third-order valence-electron chi connectivity index (χ3n) is 2.52. The molecule has 0 saturated heterocycles. The zero-order valence-electron chi connectivity index (χ0n) is 10.4. The molecule has 1 aromatic rings. The van der Waals surface area contributed by atoms with Crippen molar-refractivity contribution in [2.24, 2.45) is 4.99 Å². The predicted molar refractivity (Wildman–Crippen MR) is 76.7 cm³/mol. The van der Waals surface area contributed by atoms with Crippen LogP contribution in [0.15, 0.2) is 59.2 Å². The van der Waals surface area contributed by atoms with Crippen molar-refractivity contribution in [1.29, 1.82) is 0 Å². The fourth-order valence-corrected chi connectivity index (χ4v) is 1.51. The first-order valence-corrected chi connectivity index (χ1v) is 5.89. The summed E-state index contributed by atoms with van der Waals surface area (Å²) in [5, 5.41) is 0. The Morgan fingerprint density at radius 1 is 1.35 bits per heavy atom. The van der Waals surface area contributed by atoms with Crippen LogP contribution in [0.25, 0.3) is 0 Å². The molecule has 86 valence electrons. The second-order valence-corrected chi connectivity index (χ2v) is 3.82. The van der Waals surface area contributed by atoms with Crippen LogP contribution in [0.5, 0.6) is 0 Å². The lowest BCUT2D eigenvalue weighted by Crippen LogP contribution is -1.88. The first kappa shape index (κ1) is 13.5. The minimum atomic E-state index is 0.454. The smallest absolute Gasteiger partial charge is 0.0717 e. The van der Waals surface area contributed by atoms with E-state index >= 15 is 0 Å². The number of hydrogen-bond acceptors (Lipinski definition) is 1. The van der Waals surface area contributed by atoms with Crippen LogP contribution in [0.4, 0.5) is 0 Å². The molecule has 1 nitrogen and oxygen atoms in total. The molecular weight excluding hydrogens is 205 g/mol. The number of allylic oxidation sites excluding steroid dienone is 2. The Kier molecular flexibility index (Phi) is 6.09. The van der Waals surface area contributed by atoms with Gasteiger partial charge in [-0.15, -0.1) is 0 Å². The fourth-order valence-electron chi connectivity index (χ4n) is 1.51. The Balaban J connectivity index is 2.43. The lowest BCUT2D eigenvalue weighted by molar-refractivity contribution is 1.05. The molecule has 0 fully saturated rings. The molecule has 1 aromatic carbocycles. The van der Waals surface area contributed by atoms with Crippen molar-refractivity contribution < 1.29 is 0 Å². The van der Waals surface area contributed by atoms with E-state index in [-0.39, 0.29) is 0 Å². The molecule has 0 unspecified atom stereocenters. The topological polar surface area (TPSA) is 12.4 Å². The van der Waals surface area contributed by atoms with Gasteiger partial charge in [0, 0.05) is 6.21 Å². The summed E-state index contributed by atoms with van der Waals surface area (Å²) in [4.78, 5) is 4.38. The van der Waals surface area contributed by atoms with Gasteiger partial charge in [-0.3, -0.25) is 4.99 Å². The van der Waals surface area contributed by atoms with E-state index in [0.717, 1.165) is 24.1 Å². The van der Waals surface area contributed by atoms with Crippen LogP contribution in [0.2, 0.25) is 6.32 Å². The van der Waals surface area contributed by atoms with Gasteiger partial charge in [-0.25, -0.2) is 0 Å². The van der Waals surface area contributed by atoms with Crippen molar-refractivity contribution in [3.05, 3.63) is 59.8 Å². The molecule has 0 spiro atoms. The third kappa shape index (κ3) is 4.86. The Morgan fingerprint density at radius 3 is 2.65 bits per heavy atom. The van der Waals surface area contributed by atoms with Crippen LogP contribution in [-0.2, 0) is 6.42 Å². The molecule has 0 bridgehead atoms. The molecule has 0 aliphatic heterocycles. The van der Waals surface area contributed by atoms with Crippen LogP contribution in [0.1, 0.15) is 18.9 Å². The van der Waals surface area contributed by atoms with Crippen LogP contribution >= 0.6 is 0 Å². The zero-order valence-corrected chi connectivity index (χ0v) is 10.4. The summed E-state index contributed by atoms with van der Waals surface area (Å²) in [7, 11) is 5.53. The van der Waals surface area contributed by atoms with E-state index in [2.05, 4.69) is 35.8 Å². The van der Waals surface area contributed by atoms with Crippen molar-refractivity contribution in [3.8, 4) is 0 Å². The zero-order chi connectivity index (χ0) is 12.5. The van der Waals surface area contributed by atoms with Gasteiger partial charge in [0.15, 0.2) is 0 Å². The van der Waals surface area contributed by atoms with E-state index in [1.165, 1.54) is 5.56 Å². The first-order chi connectivity index (χ1) is 8.27. The maximum absolute atomic E-state index is 5.53. The normalized spacial score (nSPS) is 11.9. The number of benzene rings is 1. The number of aliphatic imine (C=N–C) groups is 1. The highest BCUT2D eigenvalue weighted by Crippen LogP contribution is 2.11. The van der Waals surface area contributed by atoms with Crippen molar-refractivity contribution in [2.45, 2.75) is 26.1 Å². The molecule has 2 radical (unpaired) electrons. The Labute approximate surface area is 105 Å². The molecule has 0 saturated carbocycles. The van der Waals surface area contributed by atoms with E-state index in [9.17, 15) is 0 Å². The summed E-state index contributed by atoms with van der Waals surface area (Å²) in [6.07, 6.45) is 6.27. The number of rotatable bonds is 6. The number of aryl methyl sites for hydroxylation is 1. The standard InChI is InChI=1S/C15H18BN/c1-3-15(13(2)12-16)17-11-7-10-14-8-5-4-6-9-14/h3-6,8-9,11H,2,7,10,12H2,1H3/b15-3-,17-11?. The van der Waals surface area contributed by atoms with Crippen LogP contribution in [-0.4, -0.2) is 14.1 Å².